The molecular weight excluding hydrogens is 350 g/mol. The molecule has 0 radical (unpaired) electrons. The predicted octanol–water partition coefficient (Wildman–Crippen LogP) is 2.40. The van der Waals surface area contributed by atoms with Crippen LogP contribution in [-0.2, 0) is 19.1 Å². The van der Waals surface area contributed by atoms with Crippen LogP contribution in [-0.4, -0.2) is 30.3 Å². The number of anilines is 3. The number of esters is 1. The fraction of sp³-hybridized carbons (Fsp3) is 0.158. The maximum Gasteiger partial charge on any atom is 0.338 e. The van der Waals surface area contributed by atoms with Gasteiger partial charge in [0.05, 0.1) is 5.56 Å². The van der Waals surface area contributed by atoms with Crippen molar-refractivity contribution in [2.45, 2.75) is 13.8 Å². The van der Waals surface area contributed by atoms with Crippen molar-refractivity contribution in [1.29, 1.82) is 0 Å². The van der Waals surface area contributed by atoms with Crippen LogP contribution in [0.1, 0.15) is 24.2 Å². The van der Waals surface area contributed by atoms with Gasteiger partial charge in [-0.1, -0.05) is 0 Å². The highest BCUT2D eigenvalue weighted by atomic mass is 16.5. The van der Waals surface area contributed by atoms with Crippen molar-refractivity contribution < 1.29 is 23.9 Å². The Hall–Kier alpha value is -3.68. The minimum absolute atomic E-state index is 0.191. The summed E-state index contributed by atoms with van der Waals surface area (Å²) in [5.74, 6) is -1.55. The van der Waals surface area contributed by atoms with Crippen LogP contribution >= 0.6 is 0 Å². The lowest BCUT2D eigenvalue weighted by Gasteiger charge is -2.08. The number of hydrogen-bond donors (Lipinski definition) is 3. The van der Waals surface area contributed by atoms with Crippen LogP contribution in [0.3, 0.4) is 0 Å². The standard InChI is InChI=1S/C19H19N3O5/c1-12(23)20-15-5-3-14(4-6-15)19(26)27-11-18(25)22-17-9-7-16(8-10-17)21-13(2)24/h3-10H,11H2,1-2H3,(H,20,23)(H,21,24)(H,22,25). The van der Waals surface area contributed by atoms with Crippen LogP contribution in [0.4, 0.5) is 17.1 Å². The minimum Gasteiger partial charge on any atom is -0.452 e. The second-order valence-electron chi connectivity index (χ2n) is 5.64. The van der Waals surface area contributed by atoms with E-state index in [-0.39, 0.29) is 17.4 Å². The van der Waals surface area contributed by atoms with Gasteiger partial charge in [0.2, 0.25) is 11.8 Å². The van der Waals surface area contributed by atoms with E-state index in [4.69, 9.17) is 4.74 Å². The molecule has 0 bridgehead atoms. The first-order valence-corrected chi connectivity index (χ1v) is 8.06. The van der Waals surface area contributed by atoms with Crippen molar-refractivity contribution in [3.63, 3.8) is 0 Å². The summed E-state index contributed by atoms with van der Waals surface area (Å²) in [6.07, 6.45) is 0. The van der Waals surface area contributed by atoms with E-state index in [1.807, 2.05) is 0 Å². The zero-order valence-corrected chi connectivity index (χ0v) is 14.9. The molecule has 140 valence electrons. The third kappa shape index (κ3) is 6.62. The lowest BCUT2D eigenvalue weighted by atomic mass is 10.2. The molecule has 0 saturated heterocycles. The fourth-order valence-electron chi connectivity index (χ4n) is 2.14. The van der Waals surface area contributed by atoms with E-state index >= 15 is 0 Å². The van der Waals surface area contributed by atoms with Gasteiger partial charge in [0.15, 0.2) is 6.61 Å². The zero-order valence-electron chi connectivity index (χ0n) is 14.9. The molecule has 0 aromatic heterocycles. The van der Waals surface area contributed by atoms with Crippen LogP contribution < -0.4 is 16.0 Å². The lowest BCUT2D eigenvalue weighted by Crippen LogP contribution is -2.21. The maximum atomic E-state index is 12.0. The number of rotatable bonds is 6. The molecule has 0 aliphatic rings. The first-order chi connectivity index (χ1) is 12.8. The quantitative estimate of drug-likeness (QED) is 0.677. The predicted molar refractivity (Wildman–Crippen MR) is 100 cm³/mol. The average Bonchev–Trinajstić information content (AvgIpc) is 2.61. The Kier molecular flexibility index (Phi) is 6.65. The Morgan fingerprint density at radius 3 is 1.56 bits per heavy atom. The fourth-order valence-corrected chi connectivity index (χ4v) is 2.14. The summed E-state index contributed by atoms with van der Waals surface area (Å²) in [5, 5.41) is 7.78. The number of ether oxygens (including phenoxy) is 1. The van der Waals surface area contributed by atoms with E-state index in [0.29, 0.717) is 17.1 Å². The van der Waals surface area contributed by atoms with Crippen molar-refractivity contribution in [2.75, 3.05) is 22.6 Å². The SMILES string of the molecule is CC(=O)Nc1ccc(NC(=O)COC(=O)c2ccc(NC(C)=O)cc2)cc1. The second kappa shape index (κ2) is 9.14. The topological polar surface area (TPSA) is 114 Å². The van der Waals surface area contributed by atoms with E-state index in [1.165, 1.54) is 26.0 Å². The molecule has 0 aliphatic heterocycles. The molecular formula is C19H19N3O5. The summed E-state index contributed by atoms with van der Waals surface area (Å²) in [7, 11) is 0. The van der Waals surface area contributed by atoms with Gasteiger partial charge in [0, 0.05) is 30.9 Å². The third-order valence-electron chi connectivity index (χ3n) is 3.26. The average molecular weight is 369 g/mol. The van der Waals surface area contributed by atoms with Crippen molar-refractivity contribution in [2.24, 2.45) is 0 Å². The first kappa shape index (κ1) is 19.6. The van der Waals surface area contributed by atoms with Gasteiger partial charge in [-0.3, -0.25) is 14.4 Å². The van der Waals surface area contributed by atoms with Gasteiger partial charge in [0.1, 0.15) is 0 Å². The molecule has 0 atom stereocenters. The largest absolute Gasteiger partial charge is 0.452 e. The van der Waals surface area contributed by atoms with Gasteiger partial charge in [-0.15, -0.1) is 0 Å². The smallest absolute Gasteiger partial charge is 0.338 e. The van der Waals surface area contributed by atoms with Gasteiger partial charge in [0.25, 0.3) is 5.91 Å². The van der Waals surface area contributed by atoms with Gasteiger partial charge in [-0.05, 0) is 48.5 Å². The zero-order chi connectivity index (χ0) is 19.8. The number of benzene rings is 2. The van der Waals surface area contributed by atoms with Crippen LogP contribution in [0.2, 0.25) is 0 Å². The van der Waals surface area contributed by atoms with Crippen LogP contribution in [0.5, 0.6) is 0 Å². The molecule has 2 aromatic carbocycles. The molecule has 8 heteroatoms. The molecule has 27 heavy (non-hydrogen) atoms. The summed E-state index contributed by atoms with van der Waals surface area (Å²) in [5.41, 5.74) is 1.93. The number of carbonyl (C=O) groups is 4. The molecule has 0 spiro atoms. The summed E-state index contributed by atoms with van der Waals surface area (Å²) in [6, 6.07) is 12.6. The minimum atomic E-state index is -0.652. The highest BCUT2D eigenvalue weighted by molar-refractivity contribution is 5.96. The highest BCUT2D eigenvalue weighted by Gasteiger charge is 2.11. The van der Waals surface area contributed by atoms with E-state index < -0.39 is 18.5 Å². The van der Waals surface area contributed by atoms with Crippen molar-refractivity contribution >= 4 is 40.8 Å². The normalized spacial score (nSPS) is 9.85. The van der Waals surface area contributed by atoms with Crippen molar-refractivity contribution in [1.82, 2.24) is 0 Å². The summed E-state index contributed by atoms with van der Waals surface area (Å²) < 4.78 is 4.96. The number of hydrogen-bond acceptors (Lipinski definition) is 5. The van der Waals surface area contributed by atoms with Crippen LogP contribution in [0, 0.1) is 0 Å². The maximum absolute atomic E-state index is 12.0. The molecule has 0 unspecified atom stereocenters. The Morgan fingerprint density at radius 2 is 1.11 bits per heavy atom. The van der Waals surface area contributed by atoms with E-state index in [1.54, 1.807) is 36.4 Å². The Morgan fingerprint density at radius 1 is 0.704 bits per heavy atom. The third-order valence-corrected chi connectivity index (χ3v) is 3.26. The van der Waals surface area contributed by atoms with E-state index in [0.717, 1.165) is 0 Å². The van der Waals surface area contributed by atoms with Crippen molar-refractivity contribution in [3.05, 3.63) is 54.1 Å². The summed E-state index contributed by atoms with van der Waals surface area (Å²) in [6.45, 7) is 2.34. The summed E-state index contributed by atoms with van der Waals surface area (Å²) in [4.78, 5) is 45.8. The van der Waals surface area contributed by atoms with Gasteiger partial charge in [-0.2, -0.15) is 0 Å². The number of carbonyl (C=O) groups excluding carboxylic acids is 4. The first-order valence-electron chi connectivity index (χ1n) is 8.06. The van der Waals surface area contributed by atoms with E-state index in [2.05, 4.69) is 16.0 Å². The molecule has 0 fully saturated rings. The van der Waals surface area contributed by atoms with Crippen molar-refractivity contribution in [3.8, 4) is 0 Å². The van der Waals surface area contributed by atoms with Gasteiger partial charge < -0.3 is 20.7 Å². The van der Waals surface area contributed by atoms with Crippen LogP contribution in [0.15, 0.2) is 48.5 Å². The lowest BCUT2D eigenvalue weighted by molar-refractivity contribution is -0.119. The van der Waals surface area contributed by atoms with E-state index in [9.17, 15) is 19.2 Å². The van der Waals surface area contributed by atoms with Gasteiger partial charge in [-0.25, -0.2) is 4.79 Å². The van der Waals surface area contributed by atoms with Crippen LogP contribution in [0.25, 0.3) is 0 Å². The highest BCUT2D eigenvalue weighted by Crippen LogP contribution is 2.14. The number of amides is 3. The number of nitrogens with one attached hydrogen (secondary N) is 3. The Balaban J connectivity index is 1.83. The second-order valence-corrected chi connectivity index (χ2v) is 5.64. The molecule has 0 heterocycles. The molecule has 3 amide bonds. The summed E-state index contributed by atoms with van der Waals surface area (Å²) >= 11 is 0. The Labute approximate surface area is 155 Å². The monoisotopic (exact) mass is 369 g/mol. The molecule has 3 N–H and O–H groups in total. The molecule has 2 aromatic rings. The molecule has 0 aliphatic carbocycles. The molecule has 8 nitrogen and oxygen atoms in total. The Bertz CT molecular complexity index is 845. The molecule has 2 rings (SSSR count). The van der Waals surface area contributed by atoms with Gasteiger partial charge >= 0.3 is 5.97 Å². The molecule has 0 saturated carbocycles.